The molecule has 0 spiro atoms. The highest BCUT2D eigenvalue weighted by molar-refractivity contribution is 7.61. The molecule has 6 fully saturated rings. The highest BCUT2D eigenvalue weighted by atomic mass is 31.2. The number of fused-ring (bicyclic) bond motifs is 3. The van der Waals surface area contributed by atoms with E-state index < -0.39 is 7.60 Å². The number of hydrogen-bond donors (Lipinski definition) is 0. The van der Waals surface area contributed by atoms with Crippen LogP contribution in [0.4, 0.5) is 0 Å². The van der Waals surface area contributed by atoms with Gasteiger partial charge in [-0.15, -0.1) is 0 Å². The second kappa shape index (κ2) is 8.49. The molecular formula is C28H38N3O4P. The number of para-hydroxylation sites is 2. The van der Waals surface area contributed by atoms with Crippen molar-refractivity contribution in [3.8, 4) is 0 Å². The van der Waals surface area contributed by atoms with E-state index in [2.05, 4.69) is 9.88 Å². The normalized spacial score (nSPS) is 37.4. The molecule has 36 heavy (non-hydrogen) atoms. The summed E-state index contributed by atoms with van der Waals surface area (Å²) < 4.78 is 26.8. The van der Waals surface area contributed by atoms with Gasteiger partial charge < -0.3 is 13.6 Å². The van der Waals surface area contributed by atoms with Crippen LogP contribution in [-0.2, 0) is 13.6 Å². The third kappa shape index (κ3) is 3.32. The van der Waals surface area contributed by atoms with Crippen LogP contribution in [0.3, 0.4) is 0 Å². The molecule has 4 saturated carbocycles. The minimum atomic E-state index is -3.81. The molecular weight excluding hydrogens is 473 g/mol. The smallest absolute Gasteiger partial charge is 0.304 e. The first-order valence-corrected chi connectivity index (χ1v) is 15.7. The number of nitrogens with zero attached hydrogens (tertiary/aromatic N) is 3. The Morgan fingerprint density at radius 2 is 1.58 bits per heavy atom. The van der Waals surface area contributed by atoms with Crippen LogP contribution in [0.25, 0.3) is 11.0 Å². The summed E-state index contributed by atoms with van der Waals surface area (Å²) in [5.41, 5.74) is 1.55. The molecule has 0 amide bonds. The molecule has 2 aromatic rings. The van der Waals surface area contributed by atoms with E-state index in [-0.39, 0.29) is 30.2 Å². The highest BCUT2D eigenvalue weighted by Crippen LogP contribution is 2.65. The Hall–Kier alpha value is -1.53. The number of hydrogen-bond acceptors (Lipinski definition) is 6. The number of aromatic nitrogens is 2. The fraction of sp³-hybridized carbons (Fsp3) is 0.714. The highest BCUT2D eigenvalue weighted by Gasteiger charge is 2.64. The second-order valence-corrected chi connectivity index (χ2v) is 13.9. The van der Waals surface area contributed by atoms with E-state index in [1.54, 1.807) is 13.8 Å². The number of rotatable bonds is 7. The monoisotopic (exact) mass is 511 g/mol. The summed E-state index contributed by atoms with van der Waals surface area (Å²) in [4.78, 5) is 21.6. The van der Waals surface area contributed by atoms with E-state index in [0.717, 1.165) is 36.1 Å². The van der Waals surface area contributed by atoms with Gasteiger partial charge in [0.1, 0.15) is 0 Å². The molecule has 0 radical (unpaired) electrons. The zero-order valence-corrected chi connectivity index (χ0v) is 22.4. The summed E-state index contributed by atoms with van der Waals surface area (Å²) in [6.07, 6.45) is 11.6. The first kappa shape index (κ1) is 23.6. The molecule has 1 aromatic heterocycles. The van der Waals surface area contributed by atoms with Gasteiger partial charge >= 0.3 is 7.60 Å². The summed E-state index contributed by atoms with van der Waals surface area (Å²) in [5, 5.41) is 0. The molecule has 6 bridgehead atoms. The third-order valence-corrected chi connectivity index (χ3v) is 12.2. The van der Waals surface area contributed by atoms with Gasteiger partial charge in [0.25, 0.3) is 5.56 Å². The molecule has 8 rings (SSSR count). The van der Waals surface area contributed by atoms with Gasteiger partial charge in [0.2, 0.25) is 5.44 Å². The van der Waals surface area contributed by atoms with Crippen molar-refractivity contribution >= 4 is 24.1 Å². The van der Waals surface area contributed by atoms with Crippen molar-refractivity contribution in [2.45, 2.75) is 95.3 Å². The Balaban J connectivity index is 1.28. The van der Waals surface area contributed by atoms with Gasteiger partial charge in [-0.05, 0) is 102 Å². The van der Waals surface area contributed by atoms with E-state index in [1.807, 2.05) is 28.8 Å². The Labute approximate surface area is 213 Å². The molecule has 2 aliphatic heterocycles. The van der Waals surface area contributed by atoms with Crippen LogP contribution in [0.5, 0.6) is 0 Å². The zero-order chi connectivity index (χ0) is 24.7. The van der Waals surface area contributed by atoms with Crippen LogP contribution in [0.15, 0.2) is 29.1 Å². The van der Waals surface area contributed by atoms with Crippen LogP contribution in [-0.4, -0.2) is 45.3 Å². The van der Waals surface area contributed by atoms with E-state index in [1.165, 1.54) is 44.9 Å². The predicted octanol–water partition coefficient (Wildman–Crippen LogP) is 5.03. The van der Waals surface area contributed by atoms with E-state index >= 15 is 0 Å². The van der Waals surface area contributed by atoms with Gasteiger partial charge in [0.15, 0.2) is 0 Å². The minimum Gasteiger partial charge on any atom is -0.304 e. The molecule has 5 atom stereocenters. The van der Waals surface area contributed by atoms with Gasteiger partial charge in [-0.1, -0.05) is 12.1 Å². The molecule has 2 unspecified atom stereocenters. The fourth-order valence-electron chi connectivity index (χ4n) is 9.44. The standard InChI is InChI=1S/C28H38N3O4P/c1-3-34-36(33,35-4-2)26-27(32)30(25-8-6-5-7-24(25)29-26)23-14-21-9-10-22(15-23)31(21)28-16-18-11-19(17-28)13-20(28)12-18/h5-8,18-23H,3-4,9-17H2,1-2H3/t18?,19?,20?,21-,22+,23+,28?. The van der Waals surface area contributed by atoms with Crippen LogP contribution in [0, 0.1) is 17.8 Å². The zero-order valence-electron chi connectivity index (χ0n) is 21.5. The van der Waals surface area contributed by atoms with E-state index in [0.29, 0.717) is 23.1 Å². The Morgan fingerprint density at radius 1 is 0.944 bits per heavy atom. The summed E-state index contributed by atoms with van der Waals surface area (Å²) in [6, 6.07) is 8.87. The van der Waals surface area contributed by atoms with Crippen molar-refractivity contribution in [2.24, 2.45) is 17.8 Å². The fourth-order valence-corrected chi connectivity index (χ4v) is 11.0. The first-order chi connectivity index (χ1) is 17.5. The van der Waals surface area contributed by atoms with Crippen LogP contribution >= 0.6 is 7.60 Å². The van der Waals surface area contributed by atoms with E-state index in [4.69, 9.17) is 9.05 Å². The molecule has 6 aliphatic rings. The lowest BCUT2D eigenvalue weighted by Crippen LogP contribution is -2.58. The lowest BCUT2D eigenvalue weighted by molar-refractivity contribution is -0.0244. The molecule has 8 heteroatoms. The number of piperidine rings is 1. The van der Waals surface area contributed by atoms with Gasteiger partial charge in [-0.3, -0.25) is 14.3 Å². The third-order valence-electron chi connectivity index (χ3n) is 10.2. The predicted molar refractivity (Wildman–Crippen MR) is 140 cm³/mol. The topological polar surface area (TPSA) is 73.7 Å². The second-order valence-electron chi connectivity index (χ2n) is 12.0. The Morgan fingerprint density at radius 3 is 2.22 bits per heavy atom. The Kier molecular flexibility index (Phi) is 5.56. The van der Waals surface area contributed by atoms with Gasteiger partial charge in [0, 0.05) is 23.7 Å². The summed E-state index contributed by atoms with van der Waals surface area (Å²) in [7, 11) is -3.81. The van der Waals surface area contributed by atoms with Crippen molar-refractivity contribution in [1.29, 1.82) is 0 Å². The molecule has 1 aromatic carbocycles. The van der Waals surface area contributed by atoms with Crippen LogP contribution in [0.1, 0.15) is 77.7 Å². The quantitative estimate of drug-likeness (QED) is 0.486. The molecule has 2 saturated heterocycles. The minimum absolute atomic E-state index is 0.0648. The maximum absolute atomic E-state index is 14.0. The average molecular weight is 512 g/mol. The largest absolute Gasteiger partial charge is 0.385 e. The van der Waals surface area contributed by atoms with Crippen molar-refractivity contribution in [1.82, 2.24) is 14.5 Å². The number of benzene rings is 1. The summed E-state index contributed by atoms with van der Waals surface area (Å²) >= 11 is 0. The molecule has 7 nitrogen and oxygen atoms in total. The molecule has 0 N–H and O–H groups in total. The Bertz CT molecular complexity index is 1260. The molecule has 194 valence electrons. The average Bonchev–Trinajstić information content (AvgIpc) is 3.38. The van der Waals surface area contributed by atoms with Gasteiger partial charge in [-0.25, -0.2) is 4.98 Å². The van der Waals surface area contributed by atoms with Crippen molar-refractivity contribution in [2.75, 3.05) is 13.2 Å². The summed E-state index contributed by atoms with van der Waals surface area (Å²) in [6.45, 7) is 3.92. The lowest BCUT2D eigenvalue weighted by Gasteiger charge is -2.52. The first-order valence-electron chi connectivity index (χ1n) is 14.1. The maximum Gasteiger partial charge on any atom is 0.385 e. The van der Waals surface area contributed by atoms with Crippen LogP contribution < -0.4 is 11.0 Å². The SMILES string of the molecule is CCOP(=O)(OCC)c1nc2ccccc2n([C@H]2C[C@H]3CC[C@@H](C2)N3C23CC4CC(CC2C4)C3)c1=O. The molecule has 3 heterocycles. The molecule has 4 aliphatic carbocycles. The van der Waals surface area contributed by atoms with Crippen molar-refractivity contribution in [3.05, 3.63) is 34.6 Å². The lowest BCUT2D eigenvalue weighted by atomic mass is 9.78. The van der Waals surface area contributed by atoms with Crippen molar-refractivity contribution < 1.29 is 13.6 Å². The van der Waals surface area contributed by atoms with Crippen molar-refractivity contribution in [3.63, 3.8) is 0 Å². The maximum atomic E-state index is 14.0. The van der Waals surface area contributed by atoms with E-state index in [9.17, 15) is 9.36 Å². The van der Waals surface area contributed by atoms with Crippen LogP contribution in [0.2, 0.25) is 0 Å². The summed E-state index contributed by atoms with van der Waals surface area (Å²) in [5.74, 6) is 2.78. The van der Waals surface area contributed by atoms with Gasteiger partial charge in [-0.2, -0.15) is 0 Å². The van der Waals surface area contributed by atoms with Gasteiger partial charge in [0.05, 0.1) is 24.2 Å².